The number of ketones is 2. The summed E-state index contributed by atoms with van der Waals surface area (Å²) in [5.41, 5.74) is 14.8. The Morgan fingerprint density at radius 2 is 1.16 bits per heavy atom. The summed E-state index contributed by atoms with van der Waals surface area (Å²) in [5.74, 6) is -1.96. The molecule has 5 aromatic heterocycles. The van der Waals surface area contributed by atoms with Crippen LogP contribution in [0.5, 0.6) is 0 Å². The van der Waals surface area contributed by atoms with Gasteiger partial charge in [-0.25, -0.2) is 14.4 Å². The van der Waals surface area contributed by atoms with Gasteiger partial charge in [0.15, 0.2) is 0 Å². The molecule has 20 heteroatoms. The molecule has 2 saturated heterocycles. The van der Waals surface area contributed by atoms with Crippen molar-refractivity contribution in [2.75, 3.05) is 44.1 Å². The van der Waals surface area contributed by atoms with Gasteiger partial charge in [0.1, 0.15) is 28.5 Å². The van der Waals surface area contributed by atoms with Crippen molar-refractivity contribution in [3.63, 3.8) is 0 Å². The van der Waals surface area contributed by atoms with Crippen LogP contribution in [0.1, 0.15) is 110 Å². The quantitative estimate of drug-likeness (QED) is 0.0812. The van der Waals surface area contributed by atoms with Crippen molar-refractivity contribution in [3.05, 3.63) is 165 Å². The molecule has 2 saturated carbocycles. The van der Waals surface area contributed by atoms with Crippen molar-refractivity contribution in [3.8, 4) is 0 Å². The minimum atomic E-state index is -0.539. The lowest BCUT2D eigenvalue weighted by molar-refractivity contribution is 0.0586. The van der Waals surface area contributed by atoms with Crippen molar-refractivity contribution in [2.24, 2.45) is 17.6 Å². The number of carbonyl (C=O) groups excluding carboxylic acids is 8. The fraction of sp³-hybridized carbons (Fsp3) is 0.228. The summed E-state index contributed by atoms with van der Waals surface area (Å²) in [6.07, 6.45) is 5.34. The Hall–Kier alpha value is -9.72. The third-order valence-electron chi connectivity index (χ3n) is 16.6. The Labute approximate surface area is 436 Å². The number of anilines is 2. The number of aromatic amines is 5. The molecule has 386 valence electrons. The van der Waals surface area contributed by atoms with Gasteiger partial charge in [0.05, 0.1) is 25.6 Å². The number of allylic oxidation sites excluding steroid dienone is 4. The number of para-hydroxylation sites is 1. The van der Waals surface area contributed by atoms with E-state index in [-0.39, 0.29) is 59.9 Å². The predicted molar refractivity (Wildman–Crippen MR) is 281 cm³/mol. The molecule has 7 aliphatic rings. The average molecular weight is 1030 g/mol. The van der Waals surface area contributed by atoms with Crippen LogP contribution in [0, 0.1) is 11.8 Å². The maximum absolute atomic E-state index is 13.7. The largest absolute Gasteiger partial charge is 0.464 e. The Balaban J connectivity index is 0.000000147. The molecule has 20 nitrogen and oxygen atoms in total. The lowest BCUT2D eigenvalue weighted by Gasteiger charge is -2.27. The number of ether oxygens (including phenoxy) is 2. The monoisotopic (exact) mass is 1030 g/mol. The van der Waals surface area contributed by atoms with E-state index < -0.39 is 28.8 Å². The Kier molecular flexibility index (Phi) is 10.0. The molecular formula is C57H48N10O10. The van der Waals surface area contributed by atoms with Gasteiger partial charge in [-0.3, -0.25) is 28.9 Å². The number of hydrogen-bond acceptors (Lipinski definition) is 10. The molecule has 15 rings (SSSR count). The molecule has 4 fully saturated rings. The number of nitrogens with one attached hydrogen (secondary N) is 6. The number of piperidine rings is 2. The molecule has 8 N–H and O–H groups in total. The van der Waals surface area contributed by atoms with E-state index in [4.69, 9.17) is 15.2 Å². The molecule has 8 heterocycles. The lowest BCUT2D eigenvalue weighted by Crippen LogP contribution is -2.33. The van der Waals surface area contributed by atoms with Crippen molar-refractivity contribution in [2.45, 2.75) is 37.5 Å². The molecule has 8 aromatic rings. The number of rotatable bonds is 6. The number of nitrogens with zero attached hydrogens (tertiary/aromatic N) is 3. The van der Waals surface area contributed by atoms with Gasteiger partial charge in [-0.05, 0) is 115 Å². The number of aromatic nitrogens is 5. The highest BCUT2D eigenvalue weighted by Gasteiger charge is 2.69. The highest BCUT2D eigenvalue weighted by Crippen LogP contribution is 2.68. The Bertz CT molecular complexity index is 4070. The van der Waals surface area contributed by atoms with Crippen LogP contribution >= 0.6 is 0 Å². The minimum absolute atomic E-state index is 0. The average Bonchev–Trinajstić information content (AvgIpc) is 3.39. The van der Waals surface area contributed by atoms with Crippen LogP contribution in [0.25, 0.3) is 32.7 Å². The zero-order valence-corrected chi connectivity index (χ0v) is 40.6. The maximum Gasteiger partial charge on any atom is 0.354 e. The number of likely N-dealkylation sites (tertiary alicyclic amines) is 2. The number of carbonyl (C=O) groups is 8. The first-order valence-corrected chi connectivity index (χ1v) is 24.7. The van der Waals surface area contributed by atoms with E-state index in [2.05, 4.69) is 30.2 Å². The number of nitrogens with two attached hydrogens (primary N) is 1. The first kappa shape index (κ1) is 47.0. The Morgan fingerprint density at radius 1 is 0.610 bits per heavy atom. The summed E-state index contributed by atoms with van der Waals surface area (Å²) in [7, 11) is 2.59. The van der Waals surface area contributed by atoms with E-state index in [1.54, 1.807) is 40.1 Å². The van der Waals surface area contributed by atoms with Crippen LogP contribution in [0.4, 0.5) is 16.2 Å². The van der Waals surface area contributed by atoms with Gasteiger partial charge in [-0.15, -0.1) is 0 Å². The second kappa shape index (κ2) is 16.4. The SMILES string of the molecule is C.COC(=O)c1cc2c([nH]1)C(=O)C=C1N(C(=O)c3cc4c5c(ccc4[nH]3)N(C(N)=O)CC5)CC3CC123.COC(=O)c1cc2c([nH]1)C(=O)C=C1N(C(=O)c3cc4cc(NC(=O)c5cc6ccccc6[nH]5)ccc4[nH]3)CC3CC123. The Morgan fingerprint density at radius 3 is 1.75 bits per heavy atom. The topological polar surface area (TPSA) is 282 Å². The van der Waals surface area contributed by atoms with Gasteiger partial charge in [0, 0.05) is 98.1 Å². The zero-order chi connectivity index (χ0) is 52.3. The van der Waals surface area contributed by atoms with Crippen molar-refractivity contribution in [1.82, 2.24) is 34.7 Å². The molecule has 2 spiro atoms. The number of fused-ring (bicyclic) bond motifs is 7. The highest BCUT2D eigenvalue weighted by molar-refractivity contribution is 6.12. The molecule has 4 atom stereocenters. The fourth-order valence-electron chi connectivity index (χ4n) is 12.9. The first-order chi connectivity index (χ1) is 36.7. The third-order valence-corrected chi connectivity index (χ3v) is 16.6. The highest BCUT2D eigenvalue weighted by atomic mass is 16.5. The fourth-order valence-corrected chi connectivity index (χ4v) is 12.9. The van der Waals surface area contributed by atoms with Gasteiger partial charge in [-0.1, -0.05) is 25.6 Å². The third kappa shape index (κ3) is 6.69. The molecule has 0 bridgehead atoms. The summed E-state index contributed by atoms with van der Waals surface area (Å²) >= 11 is 0. The summed E-state index contributed by atoms with van der Waals surface area (Å²) < 4.78 is 9.63. The van der Waals surface area contributed by atoms with Gasteiger partial charge in [0.2, 0.25) is 11.6 Å². The number of urea groups is 1. The van der Waals surface area contributed by atoms with E-state index in [1.165, 1.54) is 31.3 Å². The van der Waals surface area contributed by atoms with E-state index in [1.807, 2.05) is 54.6 Å². The van der Waals surface area contributed by atoms with Crippen molar-refractivity contribution >= 4 is 91.3 Å². The van der Waals surface area contributed by atoms with Crippen LogP contribution in [0.15, 0.2) is 108 Å². The van der Waals surface area contributed by atoms with E-state index in [0.717, 1.165) is 67.9 Å². The molecule has 0 radical (unpaired) electrons. The molecule has 4 unspecified atom stereocenters. The van der Waals surface area contributed by atoms with Gasteiger partial charge in [-0.2, -0.15) is 0 Å². The van der Waals surface area contributed by atoms with E-state index >= 15 is 0 Å². The standard InChI is InChI=1S/C31H23N5O5.C25H21N5O5.CH4/c1-41-30(40)24-11-19-27(35-24)25(37)12-26-31(19)13-17(31)14-36(26)29(39)23-10-16-8-18(6-7-21(16)34-23)32-28(38)22-9-15-4-2-3-5-20(15)33-22;1-35-23(33)17-7-14-21(28-17)19(31)8-20-25(14)9-11(25)10-30(20)22(32)16-6-13-12-4-5-29(24(26)34)18(12)3-2-15(13)27-16;/h2-12,17,33-35H,13-14H2,1H3,(H,32,38);2-3,6-8,11,27-28H,4-5,9-10H2,1H3,(H2,26,34);1H4. The number of amides is 5. The molecule has 3 aliphatic heterocycles. The molecular weight excluding hydrogens is 985 g/mol. The van der Waals surface area contributed by atoms with Crippen molar-refractivity contribution in [1.29, 1.82) is 0 Å². The summed E-state index contributed by atoms with van der Waals surface area (Å²) in [4.78, 5) is 122. The second-order valence-electron chi connectivity index (χ2n) is 20.4. The van der Waals surface area contributed by atoms with Crippen LogP contribution < -0.4 is 16.0 Å². The number of primary amides is 1. The first-order valence-electron chi connectivity index (χ1n) is 24.7. The molecule has 5 amide bonds. The lowest BCUT2D eigenvalue weighted by atomic mass is 9.85. The predicted octanol–water partition coefficient (Wildman–Crippen LogP) is 7.36. The number of H-pyrrole nitrogens is 5. The van der Waals surface area contributed by atoms with Crippen LogP contribution in [-0.4, -0.2) is 116 Å². The normalized spacial score (nSPS) is 21.6. The maximum atomic E-state index is 13.7. The van der Waals surface area contributed by atoms with Crippen LogP contribution in [0.3, 0.4) is 0 Å². The summed E-state index contributed by atoms with van der Waals surface area (Å²) in [6, 6.07) is 25.1. The van der Waals surface area contributed by atoms with Crippen molar-refractivity contribution < 1.29 is 47.8 Å². The number of benzene rings is 3. The molecule has 3 aromatic carbocycles. The van der Waals surface area contributed by atoms with E-state index in [0.29, 0.717) is 71.6 Å². The minimum Gasteiger partial charge on any atom is -0.464 e. The summed E-state index contributed by atoms with van der Waals surface area (Å²) in [5, 5.41) is 5.53. The molecule has 4 aliphatic carbocycles. The van der Waals surface area contributed by atoms with Crippen LogP contribution in [0.2, 0.25) is 0 Å². The number of hydrogen-bond donors (Lipinski definition) is 7. The molecule has 77 heavy (non-hydrogen) atoms. The zero-order valence-electron chi connectivity index (χ0n) is 40.6. The van der Waals surface area contributed by atoms with E-state index in [9.17, 15) is 38.4 Å². The van der Waals surface area contributed by atoms with Gasteiger partial charge in [0.25, 0.3) is 17.7 Å². The summed E-state index contributed by atoms with van der Waals surface area (Å²) in [6.45, 7) is 1.49. The second-order valence-corrected chi connectivity index (χ2v) is 20.4. The van der Waals surface area contributed by atoms with Gasteiger partial charge < -0.3 is 55.2 Å². The van der Waals surface area contributed by atoms with Crippen LogP contribution in [-0.2, 0) is 26.7 Å². The number of esters is 2. The number of methoxy groups -OCH3 is 2. The smallest absolute Gasteiger partial charge is 0.354 e. The van der Waals surface area contributed by atoms with Gasteiger partial charge >= 0.3 is 18.0 Å².